The van der Waals surface area contributed by atoms with Crippen LogP contribution in [0.5, 0.6) is 0 Å². The number of carbonyl (C=O) groups is 1. The molecule has 1 aromatic carbocycles. The molecule has 88 valence electrons. The molecule has 0 fully saturated rings. The van der Waals surface area contributed by atoms with E-state index < -0.39 is 0 Å². The van der Waals surface area contributed by atoms with Crippen LogP contribution in [0.3, 0.4) is 0 Å². The number of rotatable bonds is 5. The molecule has 1 rings (SSSR count). The van der Waals surface area contributed by atoms with Gasteiger partial charge in [0, 0.05) is 37.2 Å². The van der Waals surface area contributed by atoms with Crippen LogP contribution < -0.4 is 5.73 Å². The summed E-state index contributed by atoms with van der Waals surface area (Å²) in [6, 6.07) is 9.99. The van der Waals surface area contributed by atoms with E-state index in [-0.39, 0.29) is 11.9 Å². The fraction of sp³-hybridized carbons (Fsp3) is 0.417. The van der Waals surface area contributed by atoms with E-state index in [0.29, 0.717) is 6.42 Å². The lowest BCUT2D eigenvalue weighted by atomic mass is 10.2. The lowest BCUT2D eigenvalue weighted by Crippen LogP contribution is -2.32. The van der Waals surface area contributed by atoms with Gasteiger partial charge in [-0.1, -0.05) is 18.2 Å². The standard InChI is InChI=1S/C12H18N2OS/c1-14(2)12(15)8-10(13)9-16-11-6-4-3-5-7-11/h3-7,10H,8-9,13H2,1-2H3/t10-/m1/s1. The van der Waals surface area contributed by atoms with Crippen LogP contribution in [0.15, 0.2) is 35.2 Å². The fourth-order valence-electron chi connectivity index (χ4n) is 1.19. The van der Waals surface area contributed by atoms with E-state index in [9.17, 15) is 4.79 Å². The molecule has 0 aliphatic carbocycles. The molecule has 0 spiro atoms. The van der Waals surface area contributed by atoms with Gasteiger partial charge in [-0.15, -0.1) is 11.8 Å². The fourth-order valence-corrected chi connectivity index (χ4v) is 2.06. The Kier molecular flexibility index (Phi) is 5.35. The van der Waals surface area contributed by atoms with Gasteiger partial charge in [-0.25, -0.2) is 0 Å². The summed E-state index contributed by atoms with van der Waals surface area (Å²) in [7, 11) is 3.50. The number of amides is 1. The zero-order valence-corrected chi connectivity index (χ0v) is 10.5. The van der Waals surface area contributed by atoms with Crippen molar-refractivity contribution in [3.05, 3.63) is 30.3 Å². The Bertz CT molecular complexity index is 327. The Labute approximate surface area is 101 Å². The largest absolute Gasteiger partial charge is 0.349 e. The van der Waals surface area contributed by atoms with Crippen molar-refractivity contribution < 1.29 is 4.79 Å². The summed E-state index contributed by atoms with van der Waals surface area (Å²) in [5.41, 5.74) is 5.89. The maximum absolute atomic E-state index is 11.4. The molecule has 0 saturated carbocycles. The molecule has 0 saturated heterocycles. The molecule has 0 aromatic heterocycles. The molecule has 1 atom stereocenters. The number of nitrogens with two attached hydrogens (primary N) is 1. The topological polar surface area (TPSA) is 46.3 Å². The van der Waals surface area contributed by atoms with Crippen LogP contribution in [0.4, 0.5) is 0 Å². The molecular formula is C12H18N2OS. The maximum atomic E-state index is 11.4. The van der Waals surface area contributed by atoms with Crippen molar-refractivity contribution in [2.24, 2.45) is 5.73 Å². The summed E-state index contributed by atoms with van der Waals surface area (Å²) < 4.78 is 0. The smallest absolute Gasteiger partial charge is 0.223 e. The Balaban J connectivity index is 2.30. The molecule has 0 radical (unpaired) electrons. The summed E-state index contributed by atoms with van der Waals surface area (Å²) in [5, 5.41) is 0. The van der Waals surface area contributed by atoms with Crippen molar-refractivity contribution in [2.45, 2.75) is 17.4 Å². The zero-order valence-electron chi connectivity index (χ0n) is 9.72. The van der Waals surface area contributed by atoms with Crippen LogP contribution in [0.1, 0.15) is 6.42 Å². The van der Waals surface area contributed by atoms with Gasteiger partial charge in [-0.2, -0.15) is 0 Å². The third-order valence-corrected chi connectivity index (χ3v) is 3.34. The number of hydrogen-bond donors (Lipinski definition) is 1. The summed E-state index contributed by atoms with van der Waals surface area (Å²) in [6.07, 6.45) is 0.410. The van der Waals surface area contributed by atoms with Gasteiger partial charge in [0.25, 0.3) is 0 Å². The molecule has 0 heterocycles. The average Bonchev–Trinajstić information content (AvgIpc) is 2.27. The highest BCUT2D eigenvalue weighted by atomic mass is 32.2. The minimum atomic E-state index is -0.0832. The molecule has 3 nitrogen and oxygen atoms in total. The quantitative estimate of drug-likeness (QED) is 0.792. The van der Waals surface area contributed by atoms with E-state index in [1.807, 2.05) is 30.3 Å². The van der Waals surface area contributed by atoms with Gasteiger partial charge in [0.05, 0.1) is 0 Å². The molecule has 2 N–H and O–H groups in total. The third kappa shape index (κ3) is 4.68. The Morgan fingerprint density at radius 3 is 2.56 bits per heavy atom. The normalized spacial score (nSPS) is 12.2. The number of thioether (sulfide) groups is 1. The molecule has 0 aliphatic rings. The first-order chi connectivity index (χ1) is 7.59. The van der Waals surface area contributed by atoms with Crippen molar-refractivity contribution in [1.29, 1.82) is 0 Å². The van der Waals surface area contributed by atoms with Crippen LogP contribution >= 0.6 is 11.8 Å². The van der Waals surface area contributed by atoms with Gasteiger partial charge in [0.15, 0.2) is 0 Å². The van der Waals surface area contributed by atoms with Crippen LogP contribution in [-0.2, 0) is 4.79 Å². The van der Waals surface area contributed by atoms with Crippen LogP contribution in [0.2, 0.25) is 0 Å². The number of carbonyl (C=O) groups excluding carboxylic acids is 1. The molecule has 1 amide bonds. The molecule has 0 aliphatic heterocycles. The van der Waals surface area contributed by atoms with Gasteiger partial charge in [0.1, 0.15) is 0 Å². The number of nitrogens with zero attached hydrogens (tertiary/aromatic N) is 1. The predicted octanol–water partition coefficient (Wildman–Crippen LogP) is 1.58. The molecule has 0 unspecified atom stereocenters. The summed E-state index contributed by atoms with van der Waals surface area (Å²) in [6.45, 7) is 0. The van der Waals surface area contributed by atoms with Crippen LogP contribution in [-0.4, -0.2) is 36.7 Å². The molecule has 16 heavy (non-hydrogen) atoms. The number of hydrogen-bond acceptors (Lipinski definition) is 3. The summed E-state index contributed by atoms with van der Waals surface area (Å²) in [4.78, 5) is 14.2. The summed E-state index contributed by atoms with van der Waals surface area (Å²) >= 11 is 1.69. The summed E-state index contributed by atoms with van der Waals surface area (Å²) in [5.74, 6) is 0.852. The van der Waals surface area contributed by atoms with Crippen molar-refractivity contribution in [3.8, 4) is 0 Å². The first-order valence-corrected chi connectivity index (χ1v) is 6.21. The lowest BCUT2D eigenvalue weighted by molar-refractivity contribution is -0.128. The molecule has 0 bridgehead atoms. The highest BCUT2D eigenvalue weighted by Crippen LogP contribution is 2.18. The Morgan fingerprint density at radius 2 is 2.00 bits per heavy atom. The minimum absolute atomic E-state index is 0.0832. The van der Waals surface area contributed by atoms with Gasteiger partial charge in [-0.3, -0.25) is 4.79 Å². The second-order valence-corrected chi connectivity index (χ2v) is 4.97. The Morgan fingerprint density at radius 1 is 1.38 bits per heavy atom. The Hall–Kier alpha value is -1.00. The van der Waals surface area contributed by atoms with E-state index in [1.165, 1.54) is 4.90 Å². The van der Waals surface area contributed by atoms with Gasteiger partial charge in [-0.05, 0) is 12.1 Å². The first kappa shape index (κ1) is 13.1. The van der Waals surface area contributed by atoms with Gasteiger partial charge in [0.2, 0.25) is 5.91 Å². The third-order valence-electron chi connectivity index (χ3n) is 2.14. The monoisotopic (exact) mass is 238 g/mol. The maximum Gasteiger partial charge on any atom is 0.223 e. The zero-order chi connectivity index (χ0) is 12.0. The highest BCUT2D eigenvalue weighted by molar-refractivity contribution is 7.99. The average molecular weight is 238 g/mol. The highest BCUT2D eigenvalue weighted by Gasteiger charge is 2.11. The van der Waals surface area contributed by atoms with Crippen molar-refractivity contribution in [1.82, 2.24) is 4.90 Å². The molecular weight excluding hydrogens is 220 g/mol. The van der Waals surface area contributed by atoms with E-state index in [4.69, 9.17) is 5.73 Å². The predicted molar refractivity (Wildman–Crippen MR) is 68.5 cm³/mol. The molecule has 1 aromatic rings. The SMILES string of the molecule is CN(C)C(=O)C[C@@H](N)CSc1ccccc1. The molecule has 4 heteroatoms. The van der Waals surface area contributed by atoms with Crippen molar-refractivity contribution in [2.75, 3.05) is 19.8 Å². The van der Waals surface area contributed by atoms with E-state index in [0.717, 1.165) is 5.75 Å². The second kappa shape index (κ2) is 6.55. The lowest BCUT2D eigenvalue weighted by Gasteiger charge is -2.14. The van der Waals surface area contributed by atoms with Crippen molar-refractivity contribution in [3.63, 3.8) is 0 Å². The first-order valence-electron chi connectivity index (χ1n) is 5.23. The van der Waals surface area contributed by atoms with Crippen molar-refractivity contribution >= 4 is 17.7 Å². The van der Waals surface area contributed by atoms with Gasteiger partial charge >= 0.3 is 0 Å². The van der Waals surface area contributed by atoms with Crippen LogP contribution in [0.25, 0.3) is 0 Å². The van der Waals surface area contributed by atoms with E-state index in [2.05, 4.69) is 0 Å². The van der Waals surface area contributed by atoms with E-state index in [1.54, 1.807) is 30.8 Å². The van der Waals surface area contributed by atoms with E-state index >= 15 is 0 Å². The second-order valence-electron chi connectivity index (χ2n) is 3.88. The number of benzene rings is 1. The van der Waals surface area contributed by atoms with Gasteiger partial charge < -0.3 is 10.6 Å². The van der Waals surface area contributed by atoms with Crippen LogP contribution in [0, 0.1) is 0 Å². The minimum Gasteiger partial charge on any atom is -0.349 e.